The van der Waals surface area contributed by atoms with Gasteiger partial charge in [0.2, 0.25) is 17.7 Å². The van der Waals surface area contributed by atoms with Crippen molar-refractivity contribution in [3.05, 3.63) is 0 Å². The lowest BCUT2D eigenvalue weighted by atomic mass is 9.96. The molecule has 150 valence electrons. The summed E-state index contributed by atoms with van der Waals surface area (Å²) in [5.41, 5.74) is 10.8. The molecule has 9 heteroatoms. The first-order valence-corrected chi connectivity index (χ1v) is 8.86. The first kappa shape index (κ1) is 23.8. The van der Waals surface area contributed by atoms with Gasteiger partial charge in [0.05, 0.1) is 6.04 Å². The zero-order valence-electron chi connectivity index (χ0n) is 16.0. The maximum absolute atomic E-state index is 12.6. The van der Waals surface area contributed by atoms with Crippen molar-refractivity contribution in [2.75, 3.05) is 0 Å². The van der Waals surface area contributed by atoms with Gasteiger partial charge in [-0.2, -0.15) is 0 Å². The molecule has 0 bridgehead atoms. The Morgan fingerprint density at radius 1 is 1.04 bits per heavy atom. The molecule has 0 aromatic heterocycles. The zero-order chi connectivity index (χ0) is 20.4. The van der Waals surface area contributed by atoms with E-state index in [0.717, 1.165) is 0 Å². The van der Waals surface area contributed by atoms with E-state index in [1.807, 2.05) is 20.8 Å². The van der Waals surface area contributed by atoms with Crippen LogP contribution in [-0.4, -0.2) is 46.9 Å². The molecule has 0 aliphatic rings. The topological polar surface area (TPSA) is 165 Å². The highest BCUT2D eigenvalue weighted by molar-refractivity contribution is 5.92. The number of amides is 3. The second-order valence-corrected chi connectivity index (χ2v) is 7.01. The number of carbonyl (C=O) groups is 4. The number of hydrogen-bond acceptors (Lipinski definition) is 5. The minimum absolute atomic E-state index is 0.0374. The number of rotatable bonds is 12. The van der Waals surface area contributed by atoms with Crippen molar-refractivity contribution in [1.82, 2.24) is 10.6 Å². The van der Waals surface area contributed by atoms with Gasteiger partial charge in [0.25, 0.3) is 0 Å². The SMILES string of the molecule is CC[C@H](C)[C@H](NC(=O)[C@@H](N)CCC(N)=O)C(=O)N[C@@H](CC(C)C)C(=O)O. The molecule has 0 radical (unpaired) electrons. The van der Waals surface area contributed by atoms with E-state index in [1.54, 1.807) is 6.92 Å². The highest BCUT2D eigenvalue weighted by atomic mass is 16.4. The number of carbonyl (C=O) groups excluding carboxylic acids is 3. The van der Waals surface area contributed by atoms with Crippen molar-refractivity contribution in [3.8, 4) is 0 Å². The Bertz CT molecular complexity index is 509. The molecular weight excluding hydrogens is 340 g/mol. The van der Waals surface area contributed by atoms with Gasteiger partial charge in [0, 0.05) is 6.42 Å². The number of carboxylic acids is 1. The maximum Gasteiger partial charge on any atom is 0.326 e. The quantitative estimate of drug-likeness (QED) is 0.316. The Morgan fingerprint density at radius 3 is 2.04 bits per heavy atom. The number of hydrogen-bond donors (Lipinski definition) is 5. The fraction of sp³-hybridized carbons (Fsp3) is 0.765. The third-order valence-corrected chi connectivity index (χ3v) is 4.15. The fourth-order valence-electron chi connectivity index (χ4n) is 2.35. The average Bonchev–Trinajstić information content (AvgIpc) is 2.55. The summed E-state index contributed by atoms with van der Waals surface area (Å²) >= 11 is 0. The van der Waals surface area contributed by atoms with E-state index in [0.29, 0.717) is 6.42 Å². The number of primary amides is 1. The van der Waals surface area contributed by atoms with Gasteiger partial charge in [0.1, 0.15) is 12.1 Å². The van der Waals surface area contributed by atoms with Crippen LogP contribution in [0.4, 0.5) is 0 Å². The number of nitrogens with two attached hydrogens (primary N) is 2. The van der Waals surface area contributed by atoms with E-state index in [4.69, 9.17) is 11.5 Å². The lowest BCUT2D eigenvalue weighted by molar-refractivity contribution is -0.143. The fourth-order valence-corrected chi connectivity index (χ4v) is 2.35. The molecule has 0 aliphatic carbocycles. The molecule has 0 aromatic carbocycles. The van der Waals surface area contributed by atoms with Gasteiger partial charge >= 0.3 is 5.97 Å². The van der Waals surface area contributed by atoms with Crippen LogP contribution < -0.4 is 22.1 Å². The Hall–Kier alpha value is -2.16. The monoisotopic (exact) mass is 372 g/mol. The third-order valence-electron chi connectivity index (χ3n) is 4.15. The maximum atomic E-state index is 12.6. The number of nitrogens with one attached hydrogen (secondary N) is 2. The normalized spacial score (nSPS) is 15.6. The molecule has 26 heavy (non-hydrogen) atoms. The van der Waals surface area contributed by atoms with Crippen molar-refractivity contribution < 1.29 is 24.3 Å². The summed E-state index contributed by atoms with van der Waals surface area (Å²) in [5, 5.41) is 14.3. The molecule has 0 rings (SSSR count). The first-order valence-electron chi connectivity index (χ1n) is 8.86. The average molecular weight is 372 g/mol. The third kappa shape index (κ3) is 8.80. The van der Waals surface area contributed by atoms with Crippen LogP contribution in [0, 0.1) is 11.8 Å². The van der Waals surface area contributed by atoms with Crippen molar-refractivity contribution >= 4 is 23.7 Å². The molecule has 0 saturated heterocycles. The van der Waals surface area contributed by atoms with Crippen molar-refractivity contribution in [2.24, 2.45) is 23.3 Å². The lowest BCUT2D eigenvalue weighted by Gasteiger charge is -2.27. The van der Waals surface area contributed by atoms with E-state index in [1.165, 1.54) is 0 Å². The van der Waals surface area contributed by atoms with Crippen LogP contribution >= 0.6 is 0 Å². The minimum atomic E-state index is -1.13. The predicted octanol–water partition coefficient (Wildman–Crippen LogP) is -0.274. The number of aliphatic carboxylic acids is 1. The summed E-state index contributed by atoms with van der Waals surface area (Å²) in [6, 6.07) is -2.93. The second kappa shape index (κ2) is 11.5. The minimum Gasteiger partial charge on any atom is -0.480 e. The largest absolute Gasteiger partial charge is 0.480 e. The summed E-state index contributed by atoms with van der Waals surface area (Å²) in [6.07, 6.45) is 0.905. The van der Waals surface area contributed by atoms with Crippen LogP contribution in [0.3, 0.4) is 0 Å². The Labute approximate surface area is 154 Å². The molecule has 4 atom stereocenters. The lowest BCUT2D eigenvalue weighted by Crippen LogP contribution is -2.56. The van der Waals surface area contributed by atoms with Gasteiger partial charge < -0.3 is 27.2 Å². The van der Waals surface area contributed by atoms with E-state index < -0.39 is 41.8 Å². The summed E-state index contributed by atoms with van der Waals surface area (Å²) in [6.45, 7) is 7.34. The molecule has 0 aromatic rings. The molecule has 0 heterocycles. The Kier molecular flexibility index (Phi) is 10.5. The van der Waals surface area contributed by atoms with Gasteiger partial charge in [0.15, 0.2) is 0 Å². The molecule has 7 N–H and O–H groups in total. The summed E-state index contributed by atoms with van der Waals surface area (Å²) in [5.74, 6) is -2.99. The van der Waals surface area contributed by atoms with E-state index in [9.17, 15) is 24.3 Å². The molecule has 0 aliphatic heterocycles. The van der Waals surface area contributed by atoms with Crippen LogP contribution in [0.25, 0.3) is 0 Å². The summed E-state index contributed by atoms with van der Waals surface area (Å²) in [4.78, 5) is 46.9. The van der Waals surface area contributed by atoms with Crippen molar-refractivity contribution in [2.45, 2.75) is 71.5 Å². The molecule has 3 amide bonds. The number of carboxylic acid groups (broad SMARTS) is 1. The predicted molar refractivity (Wildman–Crippen MR) is 96.8 cm³/mol. The van der Waals surface area contributed by atoms with Crippen LogP contribution in [0.1, 0.15) is 53.4 Å². The molecule has 0 unspecified atom stereocenters. The Balaban J connectivity index is 5.06. The van der Waals surface area contributed by atoms with Crippen LogP contribution in [0.5, 0.6) is 0 Å². The van der Waals surface area contributed by atoms with Gasteiger partial charge in [-0.15, -0.1) is 0 Å². The van der Waals surface area contributed by atoms with Gasteiger partial charge in [-0.3, -0.25) is 14.4 Å². The summed E-state index contributed by atoms with van der Waals surface area (Å²) < 4.78 is 0. The Morgan fingerprint density at radius 2 is 1.62 bits per heavy atom. The van der Waals surface area contributed by atoms with Crippen LogP contribution in [0.15, 0.2) is 0 Å². The van der Waals surface area contributed by atoms with Gasteiger partial charge in [-0.25, -0.2) is 4.79 Å². The van der Waals surface area contributed by atoms with E-state index >= 15 is 0 Å². The van der Waals surface area contributed by atoms with E-state index in [2.05, 4.69) is 10.6 Å². The molecule has 0 fully saturated rings. The molecule has 0 saturated carbocycles. The molecule has 0 spiro atoms. The van der Waals surface area contributed by atoms with Gasteiger partial charge in [-0.05, 0) is 24.7 Å². The van der Waals surface area contributed by atoms with Crippen molar-refractivity contribution in [3.63, 3.8) is 0 Å². The zero-order valence-corrected chi connectivity index (χ0v) is 16.0. The van der Waals surface area contributed by atoms with Crippen LogP contribution in [0.2, 0.25) is 0 Å². The standard InChI is InChI=1S/C17H32N4O5/c1-5-10(4)14(21-15(23)11(18)6-7-13(19)22)16(24)20-12(17(25)26)8-9(2)3/h9-12,14H,5-8,18H2,1-4H3,(H2,19,22)(H,20,24)(H,21,23)(H,25,26)/t10-,11-,12-,14-/m0/s1. The smallest absolute Gasteiger partial charge is 0.326 e. The molecule has 9 nitrogen and oxygen atoms in total. The second-order valence-electron chi connectivity index (χ2n) is 7.01. The first-order chi connectivity index (χ1) is 12.0. The highest BCUT2D eigenvalue weighted by Gasteiger charge is 2.31. The van der Waals surface area contributed by atoms with E-state index in [-0.39, 0.29) is 31.1 Å². The van der Waals surface area contributed by atoms with Crippen molar-refractivity contribution in [1.29, 1.82) is 0 Å². The molecular formula is C17H32N4O5. The summed E-state index contributed by atoms with van der Waals surface area (Å²) in [7, 11) is 0. The van der Waals surface area contributed by atoms with Crippen LogP contribution in [-0.2, 0) is 19.2 Å². The highest BCUT2D eigenvalue weighted by Crippen LogP contribution is 2.11. The van der Waals surface area contributed by atoms with Gasteiger partial charge in [-0.1, -0.05) is 34.1 Å².